The van der Waals surface area contributed by atoms with Crippen LogP contribution in [-0.2, 0) is 4.79 Å². The van der Waals surface area contributed by atoms with Crippen LogP contribution in [0.25, 0.3) is 0 Å². The highest BCUT2D eigenvalue weighted by Gasteiger charge is 2.55. The van der Waals surface area contributed by atoms with E-state index in [9.17, 15) is 14.4 Å². The number of Topliss-reactive ketones (excluding diaryl/α,β-unsaturated/α-hetero) is 1. The Labute approximate surface area is 143 Å². The molecule has 5 nitrogen and oxygen atoms in total. The molecule has 1 N–H and O–H groups in total. The number of halogens is 1. The van der Waals surface area contributed by atoms with Crippen LogP contribution in [0.5, 0.6) is 0 Å². The second-order valence-corrected chi connectivity index (χ2v) is 7.29. The monoisotopic (exact) mass is 378 g/mol. The van der Waals surface area contributed by atoms with Gasteiger partial charge in [-0.05, 0) is 30.9 Å². The number of hydrogen-bond acceptors (Lipinski definition) is 3. The zero-order valence-corrected chi connectivity index (χ0v) is 14.6. The molecule has 0 bridgehead atoms. The maximum Gasteiger partial charge on any atom is 0.325 e. The first-order valence-electron chi connectivity index (χ1n) is 7.87. The number of nitrogens with one attached hydrogen (secondary N) is 1. The second-order valence-electron chi connectivity index (χ2n) is 6.37. The summed E-state index contributed by atoms with van der Waals surface area (Å²) in [6.45, 7) is 1.79. The standard InChI is InChI=1S/C17H19BrN2O3/c1-11-4-2-3-9-17(11)15(22)20(16(23)19-17)10-14(21)12-5-7-13(18)8-6-12/h5-8,11H,2-4,9-10H2,1H3,(H,19,23)/t11-,17+/m1/s1. The van der Waals surface area contributed by atoms with E-state index in [4.69, 9.17) is 0 Å². The van der Waals surface area contributed by atoms with Crippen LogP contribution in [0.3, 0.4) is 0 Å². The van der Waals surface area contributed by atoms with E-state index in [1.807, 2.05) is 6.92 Å². The van der Waals surface area contributed by atoms with Gasteiger partial charge in [-0.3, -0.25) is 14.5 Å². The number of amides is 3. The molecule has 2 fully saturated rings. The average Bonchev–Trinajstić information content (AvgIpc) is 2.76. The van der Waals surface area contributed by atoms with E-state index in [2.05, 4.69) is 21.2 Å². The van der Waals surface area contributed by atoms with Crippen molar-refractivity contribution in [2.75, 3.05) is 6.54 Å². The SMILES string of the molecule is C[C@@H]1CCCC[C@]12NC(=O)N(CC(=O)c1ccc(Br)cc1)C2=O. The zero-order valence-electron chi connectivity index (χ0n) is 13.0. The van der Waals surface area contributed by atoms with Crippen LogP contribution in [0.15, 0.2) is 28.7 Å². The topological polar surface area (TPSA) is 66.5 Å². The van der Waals surface area contributed by atoms with Crippen molar-refractivity contribution in [2.45, 2.75) is 38.1 Å². The third-order valence-corrected chi connectivity index (χ3v) is 5.50. The van der Waals surface area contributed by atoms with E-state index >= 15 is 0 Å². The van der Waals surface area contributed by atoms with Crippen molar-refractivity contribution in [1.82, 2.24) is 10.2 Å². The normalized spacial score (nSPS) is 27.4. The van der Waals surface area contributed by atoms with Crippen LogP contribution in [0.2, 0.25) is 0 Å². The van der Waals surface area contributed by atoms with Crippen LogP contribution < -0.4 is 5.32 Å². The molecule has 2 aliphatic rings. The Morgan fingerprint density at radius 1 is 1.30 bits per heavy atom. The summed E-state index contributed by atoms with van der Waals surface area (Å²) in [4.78, 5) is 38.5. The lowest BCUT2D eigenvalue weighted by Crippen LogP contribution is -2.54. The van der Waals surface area contributed by atoms with Crippen LogP contribution in [0.4, 0.5) is 4.79 Å². The largest absolute Gasteiger partial charge is 0.325 e. The minimum absolute atomic E-state index is 0.0977. The number of carbonyl (C=O) groups excluding carboxylic acids is 3. The molecular weight excluding hydrogens is 360 g/mol. The molecule has 0 aromatic heterocycles. The predicted octanol–water partition coefficient (Wildman–Crippen LogP) is 3.13. The molecule has 1 saturated carbocycles. The van der Waals surface area contributed by atoms with Crippen molar-refractivity contribution in [3.05, 3.63) is 34.3 Å². The lowest BCUT2D eigenvalue weighted by atomic mass is 9.73. The smallest absolute Gasteiger partial charge is 0.323 e. The quantitative estimate of drug-likeness (QED) is 0.648. The van der Waals surface area contributed by atoms with E-state index in [1.54, 1.807) is 24.3 Å². The Balaban J connectivity index is 1.78. The number of rotatable bonds is 3. The van der Waals surface area contributed by atoms with Crippen LogP contribution in [0, 0.1) is 5.92 Å². The number of imide groups is 1. The first-order chi connectivity index (χ1) is 10.9. The van der Waals surface area contributed by atoms with Gasteiger partial charge < -0.3 is 5.32 Å². The summed E-state index contributed by atoms with van der Waals surface area (Å²) in [5, 5.41) is 2.86. The third-order valence-electron chi connectivity index (χ3n) is 4.97. The van der Waals surface area contributed by atoms with Gasteiger partial charge >= 0.3 is 6.03 Å². The second kappa shape index (κ2) is 6.07. The summed E-state index contributed by atoms with van der Waals surface area (Å²) in [5.41, 5.74) is -0.318. The molecule has 1 aliphatic heterocycles. The van der Waals surface area contributed by atoms with E-state index < -0.39 is 11.6 Å². The molecule has 0 radical (unpaired) electrons. The average molecular weight is 379 g/mol. The molecule has 2 atom stereocenters. The maximum absolute atomic E-state index is 12.8. The van der Waals surface area contributed by atoms with Gasteiger partial charge in [0.1, 0.15) is 5.54 Å². The third kappa shape index (κ3) is 2.80. The molecule has 3 amide bonds. The molecule has 3 rings (SSSR count). The summed E-state index contributed by atoms with van der Waals surface area (Å²) in [6, 6.07) is 6.45. The first-order valence-corrected chi connectivity index (χ1v) is 8.66. The van der Waals surface area contributed by atoms with Gasteiger partial charge in [0.05, 0.1) is 6.54 Å². The fourth-order valence-electron chi connectivity index (χ4n) is 3.51. The Hall–Kier alpha value is -1.69. The van der Waals surface area contributed by atoms with Gasteiger partial charge in [0, 0.05) is 10.0 Å². The fourth-order valence-corrected chi connectivity index (χ4v) is 3.77. The minimum Gasteiger partial charge on any atom is -0.323 e. The van der Waals surface area contributed by atoms with Gasteiger partial charge in [-0.2, -0.15) is 0 Å². The number of carbonyl (C=O) groups is 3. The van der Waals surface area contributed by atoms with Crippen LogP contribution in [-0.4, -0.2) is 34.7 Å². The Morgan fingerprint density at radius 3 is 2.65 bits per heavy atom. The van der Waals surface area contributed by atoms with Gasteiger partial charge in [0.2, 0.25) is 0 Å². The van der Waals surface area contributed by atoms with E-state index in [0.717, 1.165) is 28.6 Å². The zero-order chi connectivity index (χ0) is 16.6. The summed E-state index contributed by atoms with van der Waals surface area (Å²) in [7, 11) is 0. The van der Waals surface area contributed by atoms with Crippen LogP contribution in [0.1, 0.15) is 43.0 Å². The molecule has 1 aliphatic carbocycles. The highest BCUT2D eigenvalue weighted by atomic mass is 79.9. The number of urea groups is 1. The molecule has 0 unspecified atom stereocenters. The molecule has 6 heteroatoms. The van der Waals surface area contributed by atoms with Crippen molar-refractivity contribution < 1.29 is 14.4 Å². The molecular formula is C17H19BrN2O3. The van der Waals surface area contributed by atoms with Crippen molar-refractivity contribution in [3.63, 3.8) is 0 Å². The van der Waals surface area contributed by atoms with Crippen molar-refractivity contribution in [2.24, 2.45) is 5.92 Å². The minimum atomic E-state index is -0.810. The van der Waals surface area contributed by atoms with Gasteiger partial charge in [0.25, 0.3) is 5.91 Å². The molecule has 122 valence electrons. The predicted molar refractivity (Wildman–Crippen MR) is 89.1 cm³/mol. The van der Waals surface area contributed by atoms with Gasteiger partial charge in [0.15, 0.2) is 5.78 Å². The highest BCUT2D eigenvalue weighted by molar-refractivity contribution is 9.10. The lowest BCUT2D eigenvalue weighted by Gasteiger charge is -2.36. The van der Waals surface area contributed by atoms with Gasteiger partial charge in [-0.1, -0.05) is 47.8 Å². The molecule has 1 aromatic carbocycles. The Morgan fingerprint density at radius 2 is 2.00 bits per heavy atom. The van der Waals surface area contributed by atoms with Gasteiger partial charge in [-0.25, -0.2) is 4.79 Å². The van der Waals surface area contributed by atoms with Crippen molar-refractivity contribution >= 4 is 33.7 Å². The van der Waals surface area contributed by atoms with Crippen LogP contribution >= 0.6 is 15.9 Å². The van der Waals surface area contributed by atoms with E-state index in [1.165, 1.54) is 0 Å². The highest BCUT2D eigenvalue weighted by Crippen LogP contribution is 2.38. The summed E-state index contributed by atoms with van der Waals surface area (Å²) in [6.07, 6.45) is 3.57. The Bertz CT molecular complexity index is 658. The number of ketones is 1. The Kier molecular flexibility index (Phi) is 4.27. The lowest BCUT2D eigenvalue weighted by molar-refractivity contribution is -0.133. The molecule has 1 aromatic rings. The molecule has 1 heterocycles. The summed E-state index contributed by atoms with van der Waals surface area (Å²) >= 11 is 3.32. The summed E-state index contributed by atoms with van der Waals surface area (Å²) in [5.74, 6) is -0.387. The van der Waals surface area contributed by atoms with Crippen molar-refractivity contribution in [3.8, 4) is 0 Å². The molecule has 1 saturated heterocycles. The van der Waals surface area contributed by atoms with Gasteiger partial charge in [-0.15, -0.1) is 0 Å². The molecule has 23 heavy (non-hydrogen) atoms. The number of hydrogen-bond donors (Lipinski definition) is 1. The molecule has 1 spiro atoms. The maximum atomic E-state index is 12.8. The van der Waals surface area contributed by atoms with Crippen molar-refractivity contribution in [1.29, 1.82) is 0 Å². The van der Waals surface area contributed by atoms with E-state index in [0.29, 0.717) is 12.0 Å². The fraction of sp³-hybridized carbons (Fsp3) is 0.471. The summed E-state index contributed by atoms with van der Waals surface area (Å²) < 4.78 is 0.874. The number of nitrogens with zero attached hydrogens (tertiary/aromatic N) is 1. The number of benzene rings is 1. The first kappa shape index (κ1) is 16.2. The van der Waals surface area contributed by atoms with E-state index in [-0.39, 0.29) is 24.2 Å².